The average molecular weight is 485 g/mol. The number of carbonyl (C=O) groups excluding carboxylic acids is 2. The molecular weight excluding hydrogens is 446 g/mol. The molecule has 1 aliphatic heterocycles. The number of unbranched alkanes of at least 4 members (excludes halogenated alkanes) is 1. The van der Waals surface area contributed by atoms with Crippen molar-refractivity contribution in [2.75, 3.05) is 13.1 Å². The van der Waals surface area contributed by atoms with Crippen LogP contribution in [0.15, 0.2) is 11.2 Å². The molecule has 2 aliphatic rings. The lowest BCUT2D eigenvalue weighted by molar-refractivity contribution is -0.132. The molecule has 6 nitrogen and oxygen atoms in total. The number of nitrogens with zero attached hydrogens (tertiary/aromatic N) is 3. The van der Waals surface area contributed by atoms with Crippen molar-refractivity contribution in [1.82, 2.24) is 14.2 Å². The third-order valence-corrected chi connectivity index (χ3v) is 8.90. The molecule has 0 spiro atoms. The Hall–Kier alpha value is -1.77. The van der Waals surface area contributed by atoms with Crippen LogP contribution in [-0.4, -0.2) is 45.8 Å². The van der Waals surface area contributed by atoms with Gasteiger partial charge in [0, 0.05) is 23.3 Å². The molecule has 2 fully saturated rings. The Morgan fingerprint density at radius 3 is 2.42 bits per heavy atom. The SMILES string of the molecule is CCCCc1cn(C(C)(C)C)s/c1=N\C(=O)[C@]1(C)CC[C@H](NC(=O)N2CC(F)(F)C2)C1(C)C. The fourth-order valence-corrected chi connectivity index (χ4v) is 5.62. The molecule has 3 amide bonds. The molecule has 0 aromatic carbocycles. The van der Waals surface area contributed by atoms with Gasteiger partial charge in [-0.15, -0.1) is 0 Å². The number of alkyl halides is 2. The average Bonchev–Trinajstić information content (AvgIpc) is 3.18. The van der Waals surface area contributed by atoms with Gasteiger partial charge in [0.05, 0.1) is 18.5 Å². The molecular formula is C24H38F2N4O2S. The van der Waals surface area contributed by atoms with Crippen LogP contribution in [0.5, 0.6) is 0 Å². The van der Waals surface area contributed by atoms with Crippen molar-refractivity contribution < 1.29 is 18.4 Å². The summed E-state index contributed by atoms with van der Waals surface area (Å²) < 4.78 is 29.2. The number of likely N-dealkylation sites (tertiary alicyclic amines) is 1. The molecule has 1 aliphatic carbocycles. The van der Waals surface area contributed by atoms with Gasteiger partial charge in [-0.25, -0.2) is 18.6 Å². The first-order chi connectivity index (χ1) is 15.1. The maximum absolute atomic E-state index is 13.6. The van der Waals surface area contributed by atoms with E-state index in [0.29, 0.717) is 12.8 Å². The summed E-state index contributed by atoms with van der Waals surface area (Å²) in [5.74, 6) is -2.98. The van der Waals surface area contributed by atoms with Crippen LogP contribution in [0.4, 0.5) is 13.6 Å². The molecule has 2 atom stereocenters. The molecule has 0 unspecified atom stereocenters. The lowest BCUT2D eigenvalue weighted by Crippen LogP contribution is -2.63. The van der Waals surface area contributed by atoms with Gasteiger partial charge in [0.15, 0.2) is 0 Å². The summed E-state index contributed by atoms with van der Waals surface area (Å²) in [6.45, 7) is 13.3. The minimum Gasteiger partial charge on any atom is -0.335 e. The third kappa shape index (κ3) is 5.03. The largest absolute Gasteiger partial charge is 0.335 e. The molecule has 1 saturated carbocycles. The van der Waals surface area contributed by atoms with Gasteiger partial charge in [0.25, 0.3) is 11.8 Å². The van der Waals surface area contributed by atoms with E-state index in [4.69, 9.17) is 0 Å². The van der Waals surface area contributed by atoms with E-state index in [1.54, 1.807) is 0 Å². The van der Waals surface area contributed by atoms with Gasteiger partial charge in [0.2, 0.25) is 0 Å². The smallest absolute Gasteiger partial charge is 0.318 e. The summed E-state index contributed by atoms with van der Waals surface area (Å²) in [5.41, 5.74) is -0.338. The lowest BCUT2D eigenvalue weighted by atomic mass is 9.67. The van der Waals surface area contributed by atoms with Crippen LogP contribution in [0.25, 0.3) is 0 Å². The second-order valence-electron chi connectivity index (χ2n) is 11.4. The molecule has 1 saturated heterocycles. The molecule has 1 N–H and O–H groups in total. The second kappa shape index (κ2) is 8.78. The number of rotatable bonds is 5. The Kier molecular flexibility index (Phi) is 6.88. The summed E-state index contributed by atoms with van der Waals surface area (Å²) in [6.07, 6.45) is 6.27. The molecule has 9 heteroatoms. The first kappa shape index (κ1) is 25.8. The summed E-state index contributed by atoms with van der Waals surface area (Å²) in [7, 11) is 0. The molecule has 2 heterocycles. The summed E-state index contributed by atoms with van der Waals surface area (Å²) in [6, 6.07) is -0.773. The highest BCUT2D eigenvalue weighted by atomic mass is 32.1. The van der Waals surface area contributed by atoms with Crippen molar-refractivity contribution in [3.8, 4) is 0 Å². The normalized spacial score (nSPS) is 26.9. The summed E-state index contributed by atoms with van der Waals surface area (Å²) in [4.78, 5) is 31.8. The van der Waals surface area contributed by atoms with E-state index in [2.05, 4.69) is 48.2 Å². The highest BCUT2D eigenvalue weighted by Gasteiger charge is 2.57. The van der Waals surface area contributed by atoms with Gasteiger partial charge in [0.1, 0.15) is 4.67 Å². The highest BCUT2D eigenvalue weighted by molar-refractivity contribution is 7.04. The Balaban J connectivity index is 1.82. The number of carbonyl (C=O) groups is 2. The number of hydrogen-bond acceptors (Lipinski definition) is 3. The number of aromatic nitrogens is 1. The molecule has 1 aromatic rings. The summed E-state index contributed by atoms with van der Waals surface area (Å²) in [5, 5.41) is 2.90. The first-order valence-corrected chi connectivity index (χ1v) is 12.6. The van der Waals surface area contributed by atoms with E-state index in [-0.39, 0.29) is 17.5 Å². The monoisotopic (exact) mass is 484 g/mol. The topological polar surface area (TPSA) is 66.7 Å². The number of hydrogen-bond donors (Lipinski definition) is 1. The maximum Gasteiger partial charge on any atom is 0.318 e. The zero-order valence-electron chi connectivity index (χ0n) is 20.9. The van der Waals surface area contributed by atoms with Crippen LogP contribution >= 0.6 is 11.5 Å². The Morgan fingerprint density at radius 2 is 1.88 bits per heavy atom. The predicted octanol–water partition coefficient (Wildman–Crippen LogP) is 4.93. The molecule has 0 bridgehead atoms. The van der Waals surface area contributed by atoms with Crippen molar-refractivity contribution in [3.63, 3.8) is 0 Å². The molecule has 1 aromatic heterocycles. The third-order valence-electron chi connectivity index (χ3n) is 7.52. The van der Waals surface area contributed by atoms with Crippen LogP contribution in [-0.2, 0) is 16.8 Å². The minimum absolute atomic E-state index is 0.0952. The quantitative estimate of drug-likeness (QED) is 0.644. The fourth-order valence-electron chi connectivity index (χ4n) is 4.58. The van der Waals surface area contributed by atoms with E-state index in [1.807, 2.05) is 20.8 Å². The van der Waals surface area contributed by atoms with Crippen molar-refractivity contribution >= 4 is 23.5 Å². The number of urea groups is 1. The van der Waals surface area contributed by atoms with Crippen LogP contribution < -0.4 is 9.99 Å². The molecule has 0 radical (unpaired) electrons. The minimum atomic E-state index is -2.80. The van der Waals surface area contributed by atoms with Gasteiger partial charge in [-0.1, -0.05) is 34.1 Å². The van der Waals surface area contributed by atoms with Crippen LogP contribution in [0.3, 0.4) is 0 Å². The van der Waals surface area contributed by atoms with Crippen molar-refractivity contribution in [3.05, 3.63) is 16.4 Å². The zero-order valence-corrected chi connectivity index (χ0v) is 21.7. The van der Waals surface area contributed by atoms with E-state index < -0.39 is 35.9 Å². The predicted molar refractivity (Wildman–Crippen MR) is 126 cm³/mol. The van der Waals surface area contributed by atoms with Crippen molar-refractivity contribution in [1.29, 1.82) is 0 Å². The van der Waals surface area contributed by atoms with E-state index in [0.717, 1.165) is 34.4 Å². The molecule has 3 rings (SSSR count). The number of nitrogens with one attached hydrogen (secondary N) is 1. The first-order valence-electron chi connectivity index (χ1n) is 11.9. The van der Waals surface area contributed by atoms with Gasteiger partial charge in [-0.05, 0) is 63.4 Å². The van der Waals surface area contributed by atoms with Crippen LogP contribution in [0, 0.1) is 10.8 Å². The van der Waals surface area contributed by atoms with Gasteiger partial charge in [-0.2, -0.15) is 0 Å². The number of aryl methyl sites for hydroxylation is 1. The second-order valence-corrected chi connectivity index (χ2v) is 12.3. The van der Waals surface area contributed by atoms with E-state index >= 15 is 0 Å². The van der Waals surface area contributed by atoms with Gasteiger partial charge in [-0.3, -0.25) is 8.75 Å². The van der Waals surface area contributed by atoms with Gasteiger partial charge >= 0.3 is 6.03 Å². The Labute approximate surface area is 199 Å². The maximum atomic E-state index is 13.6. The van der Waals surface area contributed by atoms with Crippen LogP contribution in [0.1, 0.15) is 79.7 Å². The number of amides is 3. The Morgan fingerprint density at radius 1 is 1.24 bits per heavy atom. The standard InChI is InChI=1S/C24H38F2N4O2S/c1-8-9-10-16-13-30(21(2,3)4)33-18(16)28-19(31)23(7)12-11-17(22(23,5)6)27-20(32)29-14-24(25,26)15-29/h13,17H,8-12,14-15H2,1-7H3,(H,27,32)/b28-18-/t17-,23-/m0/s1. The van der Waals surface area contributed by atoms with E-state index in [9.17, 15) is 18.4 Å². The highest BCUT2D eigenvalue weighted by Crippen LogP contribution is 2.53. The van der Waals surface area contributed by atoms with Crippen molar-refractivity contribution in [2.45, 2.75) is 98.1 Å². The summed E-state index contributed by atoms with van der Waals surface area (Å²) >= 11 is 1.51. The van der Waals surface area contributed by atoms with Gasteiger partial charge < -0.3 is 10.2 Å². The lowest BCUT2D eigenvalue weighted by Gasteiger charge is -2.42. The zero-order chi connectivity index (χ0) is 24.8. The number of halogens is 2. The van der Waals surface area contributed by atoms with E-state index in [1.165, 1.54) is 11.5 Å². The Bertz CT molecular complexity index is 968. The fraction of sp³-hybridized carbons (Fsp3) is 0.792. The van der Waals surface area contributed by atoms with Crippen LogP contribution in [0.2, 0.25) is 0 Å². The van der Waals surface area contributed by atoms with Crippen molar-refractivity contribution in [2.24, 2.45) is 15.8 Å². The molecule has 186 valence electrons. The molecule has 33 heavy (non-hydrogen) atoms.